The average Bonchev–Trinajstić information content (AvgIpc) is 2.64. The molecular formula is C9H11N5. The maximum atomic E-state index is 5.61. The zero-order valence-corrected chi connectivity index (χ0v) is 7.86. The van der Waals surface area contributed by atoms with Crippen LogP contribution >= 0.6 is 0 Å². The number of H-pyrrole nitrogens is 1. The highest BCUT2D eigenvalue weighted by Crippen LogP contribution is 2.23. The summed E-state index contributed by atoms with van der Waals surface area (Å²) in [6, 6.07) is 0. The van der Waals surface area contributed by atoms with Crippen LogP contribution in [0.1, 0.15) is 11.3 Å². The molecule has 5 nitrogen and oxygen atoms in total. The third kappa shape index (κ3) is 1.38. The van der Waals surface area contributed by atoms with Crippen molar-refractivity contribution in [2.24, 2.45) is 5.73 Å². The number of nitrogens with one attached hydrogen (secondary N) is 1. The molecule has 0 saturated carbocycles. The zero-order chi connectivity index (χ0) is 9.97. The van der Waals surface area contributed by atoms with Crippen LogP contribution in [-0.4, -0.2) is 20.4 Å². The van der Waals surface area contributed by atoms with E-state index < -0.39 is 0 Å². The first-order chi connectivity index (χ1) is 6.83. The molecule has 2 aromatic heterocycles. The number of hydrogen-bond acceptors (Lipinski definition) is 4. The van der Waals surface area contributed by atoms with Gasteiger partial charge in [-0.05, 0) is 12.5 Å². The fraction of sp³-hybridized carbons (Fsp3) is 0.222. The SMILES string of the molecule is Cc1[nH]ncc1-c1cnncc1CN. The zero-order valence-electron chi connectivity index (χ0n) is 7.86. The van der Waals surface area contributed by atoms with E-state index in [0.717, 1.165) is 22.4 Å². The Labute approximate surface area is 81.4 Å². The summed E-state index contributed by atoms with van der Waals surface area (Å²) in [7, 11) is 0. The fourth-order valence-corrected chi connectivity index (χ4v) is 1.37. The molecule has 0 spiro atoms. The molecule has 2 heterocycles. The van der Waals surface area contributed by atoms with Crippen molar-refractivity contribution >= 4 is 0 Å². The number of nitrogens with zero attached hydrogens (tertiary/aromatic N) is 3. The second-order valence-corrected chi connectivity index (χ2v) is 3.04. The van der Waals surface area contributed by atoms with Crippen LogP contribution in [0.5, 0.6) is 0 Å². The Kier molecular flexibility index (Phi) is 2.24. The van der Waals surface area contributed by atoms with Gasteiger partial charge in [0.25, 0.3) is 0 Å². The number of aryl methyl sites for hydroxylation is 1. The van der Waals surface area contributed by atoms with Crippen molar-refractivity contribution in [2.75, 3.05) is 0 Å². The van der Waals surface area contributed by atoms with Crippen molar-refractivity contribution in [3.8, 4) is 11.1 Å². The molecule has 0 aliphatic carbocycles. The molecule has 0 fully saturated rings. The normalized spacial score (nSPS) is 10.4. The van der Waals surface area contributed by atoms with E-state index in [-0.39, 0.29) is 0 Å². The van der Waals surface area contributed by atoms with Gasteiger partial charge >= 0.3 is 0 Å². The minimum atomic E-state index is 0.454. The summed E-state index contributed by atoms with van der Waals surface area (Å²) in [4.78, 5) is 0. The van der Waals surface area contributed by atoms with Gasteiger partial charge in [0.1, 0.15) is 0 Å². The molecule has 0 saturated heterocycles. The van der Waals surface area contributed by atoms with Crippen molar-refractivity contribution < 1.29 is 0 Å². The maximum Gasteiger partial charge on any atom is 0.0579 e. The smallest absolute Gasteiger partial charge is 0.0579 e. The quantitative estimate of drug-likeness (QED) is 0.726. The van der Waals surface area contributed by atoms with Gasteiger partial charge in [0.05, 0.1) is 18.6 Å². The Morgan fingerprint density at radius 2 is 2.00 bits per heavy atom. The second kappa shape index (κ2) is 3.55. The van der Waals surface area contributed by atoms with E-state index >= 15 is 0 Å². The lowest BCUT2D eigenvalue weighted by molar-refractivity contribution is 0.969. The van der Waals surface area contributed by atoms with Gasteiger partial charge in [-0.25, -0.2) is 0 Å². The Morgan fingerprint density at radius 1 is 1.21 bits per heavy atom. The van der Waals surface area contributed by atoms with Gasteiger partial charge in [-0.2, -0.15) is 15.3 Å². The van der Waals surface area contributed by atoms with Crippen LogP contribution < -0.4 is 5.73 Å². The van der Waals surface area contributed by atoms with Crippen LogP contribution in [0.2, 0.25) is 0 Å². The first kappa shape index (κ1) is 8.83. The molecule has 2 aromatic rings. The summed E-state index contributed by atoms with van der Waals surface area (Å²) < 4.78 is 0. The highest BCUT2D eigenvalue weighted by molar-refractivity contribution is 5.67. The summed E-state index contributed by atoms with van der Waals surface area (Å²) in [5, 5.41) is 14.5. The first-order valence-electron chi connectivity index (χ1n) is 4.33. The summed E-state index contributed by atoms with van der Waals surface area (Å²) in [5.41, 5.74) is 9.61. The average molecular weight is 189 g/mol. The van der Waals surface area contributed by atoms with Gasteiger partial charge in [0.2, 0.25) is 0 Å². The molecule has 0 amide bonds. The standard InChI is InChI=1S/C9H11N5/c1-6-8(4-13-14-6)9-5-12-11-3-7(9)2-10/h3-5H,2,10H2,1H3,(H,13,14). The number of nitrogens with two attached hydrogens (primary N) is 1. The van der Waals surface area contributed by atoms with Crippen molar-refractivity contribution in [1.82, 2.24) is 20.4 Å². The van der Waals surface area contributed by atoms with Gasteiger partial charge in [0, 0.05) is 23.4 Å². The predicted molar refractivity (Wildman–Crippen MR) is 52.2 cm³/mol. The largest absolute Gasteiger partial charge is 0.326 e. The molecule has 72 valence electrons. The van der Waals surface area contributed by atoms with E-state index in [2.05, 4.69) is 20.4 Å². The van der Waals surface area contributed by atoms with E-state index in [9.17, 15) is 0 Å². The molecule has 0 aromatic carbocycles. The molecule has 0 unspecified atom stereocenters. The fourth-order valence-electron chi connectivity index (χ4n) is 1.37. The number of aromatic nitrogens is 4. The molecule has 5 heteroatoms. The van der Waals surface area contributed by atoms with Crippen LogP contribution in [-0.2, 0) is 6.54 Å². The lowest BCUT2D eigenvalue weighted by atomic mass is 10.0. The van der Waals surface area contributed by atoms with E-state index in [4.69, 9.17) is 5.73 Å². The highest BCUT2D eigenvalue weighted by Gasteiger charge is 2.08. The van der Waals surface area contributed by atoms with E-state index in [0.29, 0.717) is 6.54 Å². The van der Waals surface area contributed by atoms with E-state index in [1.54, 1.807) is 18.6 Å². The molecule has 14 heavy (non-hydrogen) atoms. The van der Waals surface area contributed by atoms with Gasteiger partial charge in [-0.3, -0.25) is 5.10 Å². The van der Waals surface area contributed by atoms with Gasteiger partial charge in [-0.1, -0.05) is 0 Å². The topological polar surface area (TPSA) is 80.5 Å². The Hall–Kier alpha value is -1.75. The molecule has 0 atom stereocenters. The van der Waals surface area contributed by atoms with E-state index in [1.807, 2.05) is 6.92 Å². The van der Waals surface area contributed by atoms with Crippen LogP contribution in [0.4, 0.5) is 0 Å². The van der Waals surface area contributed by atoms with Crippen LogP contribution in [0.15, 0.2) is 18.6 Å². The number of aromatic amines is 1. The van der Waals surface area contributed by atoms with Gasteiger partial charge < -0.3 is 5.73 Å². The highest BCUT2D eigenvalue weighted by atomic mass is 15.1. The monoisotopic (exact) mass is 189 g/mol. The number of rotatable bonds is 2. The summed E-state index contributed by atoms with van der Waals surface area (Å²) in [6.45, 7) is 2.42. The third-order valence-electron chi connectivity index (χ3n) is 2.15. The molecule has 3 N–H and O–H groups in total. The van der Waals surface area contributed by atoms with Gasteiger partial charge in [-0.15, -0.1) is 0 Å². The summed E-state index contributed by atoms with van der Waals surface area (Å²) in [6.07, 6.45) is 5.16. The third-order valence-corrected chi connectivity index (χ3v) is 2.15. The lowest BCUT2D eigenvalue weighted by Crippen LogP contribution is -2.00. The van der Waals surface area contributed by atoms with Crippen LogP contribution in [0.25, 0.3) is 11.1 Å². The Balaban J connectivity index is 2.56. The molecule has 2 rings (SSSR count). The predicted octanol–water partition coefficient (Wildman–Crippen LogP) is 0.634. The Morgan fingerprint density at radius 3 is 2.64 bits per heavy atom. The van der Waals surface area contributed by atoms with Crippen molar-refractivity contribution in [2.45, 2.75) is 13.5 Å². The Bertz CT molecular complexity index is 434. The van der Waals surface area contributed by atoms with Crippen molar-refractivity contribution in [3.05, 3.63) is 29.8 Å². The molecule has 0 aliphatic heterocycles. The molecular weight excluding hydrogens is 178 g/mol. The molecule has 0 radical (unpaired) electrons. The second-order valence-electron chi connectivity index (χ2n) is 3.04. The summed E-state index contributed by atoms with van der Waals surface area (Å²) in [5.74, 6) is 0. The van der Waals surface area contributed by atoms with Crippen LogP contribution in [0, 0.1) is 6.92 Å². The lowest BCUT2D eigenvalue weighted by Gasteiger charge is -2.03. The van der Waals surface area contributed by atoms with Crippen molar-refractivity contribution in [3.63, 3.8) is 0 Å². The first-order valence-corrected chi connectivity index (χ1v) is 4.33. The van der Waals surface area contributed by atoms with Crippen LogP contribution in [0.3, 0.4) is 0 Å². The minimum absolute atomic E-state index is 0.454. The minimum Gasteiger partial charge on any atom is -0.326 e. The molecule has 0 bridgehead atoms. The van der Waals surface area contributed by atoms with Gasteiger partial charge in [0.15, 0.2) is 0 Å². The molecule has 0 aliphatic rings. The van der Waals surface area contributed by atoms with Crippen molar-refractivity contribution in [1.29, 1.82) is 0 Å². The number of hydrogen-bond donors (Lipinski definition) is 2. The maximum absolute atomic E-state index is 5.61. The van der Waals surface area contributed by atoms with E-state index in [1.165, 1.54) is 0 Å². The summed E-state index contributed by atoms with van der Waals surface area (Å²) >= 11 is 0.